The maximum absolute atomic E-state index is 12.6. The van der Waals surface area contributed by atoms with E-state index in [0.717, 1.165) is 5.56 Å². The van der Waals surface area contributed by atoms with E-state index in [4.69, 9.17) is 16.3 Å². The lowest BCUT2D eigenvalue weighted by atomic mass is 10.1. The highest BCUT2D eigenvalue weighted by Gasteiger charge is 2.21. The Morgan fingerprint density at radius 1 is 1.04 bits per heavy atom. The fourth-order valence-corrected chi connectivity index (χ4v) is 3.34. The number of hydrogen-bond donors (Lipinski definition) is 0. The fraction of sp³-hybridized carbons (Fsp3) is 0.100. The molecule has 0 aliphatic heterocycles. The summed E-state index contributed by atoms with van der Waals surface area (Å²) >= 11 is 7.45. The van der Waals surface area contributed by atoms with Gasteiger partial charge in [-0.1, -0.05) is 48.0 Å². The number of carbonyl (C=O) groups excluding carboxylic acids is 2. The number of thiophene rings is 1. The van der Waals surface area contributed by atoms with E-state index in [9.17, 15) is 9.59 Å². The molecule has 3 rings (SSSR count). The van der Waals surface area contributed by atoms with Crippen molar-refractivity contribution in [1.82, 2.24) is 0 Å². The van der Waals surface area contributed by atoms with Crippen LogP contribution < -0.4 is 4.90 Å². The van der Waals surface area contributed by atoms with Gasteiger partial charge in [-0.05, 0) is 29.6 Å². The molecule has 0 unspecified atom stereocenters. The molecular formula is C20H16ClNO3S. The molecule has 6 heteroatoms. The molecule has 0 saturated carbocycles. The van der Waals surface area contributed by atoms with E-state index >= 15 is 0 Å². The number of amides is 1. The van der Waals surface area contributed by atoms with Crippen LogP contribution in [0.4, 0.5) is 5.69 Å². The van der Waals surface area contributed by atoms with Gasteiger partial charge >= 0.3 is 5.97 Å². The Morgan fingerprint density at radius 3 is 2.50 bits per heavy atom. The number of ether oxygens (including phenoxy) is 1. The highest BCUT2D eigenvalue weighted by atomic mass is 35.5. The molecule has 0 bridgehead atoms. The lowest BCUT2D eigenvalue weighted by Crippen LogP contribution is -2.27. The predicted octanol–water partition coefficient (Wildman–Crippen LogP) is 5.04. The van der Waals surface area contributed by atoms with E-state index in [1.54, 1.807) is 49.5 Å². The van der Waals surface area contributed by atoms with Crippen LogP contribution in [0.3, 0.4) is 0 Å². The zero-order valence-corrected chi connectivity index (χ0v) is 15.6. The van der Waals surface area contributed by atoms with Gasteiger partial charge in [0, 0.05) is 17.6 Å². The Kier molecular flexibility index (Phi) is 5.71. The molecule has 1 aromatic heterocycles. The van der Waals surface area contributed by atoms with E-state index in [1.165, 1.54) is 16.2 Å². The van der Waals surface area contributed by atoms with Crippen LogP contribution in [-0.4, -0.2) is 18.9 Å². The second kappa shape index (κ2) is 8.17. The monoisotopic (exact) mass is 385 g/mol. The molecule has 0 saturated heterocycles. The molecule has 1 amide bonds. The van der Waals surface area contributed by atoms with Crippen LogP contribution in [0.1, 0.15) is 25.6 Å². The molecule has 132 valence electrons. The summed E-state index contributed by atoms with van der Waals surface area (Å²) in [6.45, 7) is 0.0649. The second-order valence-corrected chi connectivity index (χ2v) is 6.88. The molecule has 0 spiro atoms. The third-order valence-corrected chi connectivity index (χ3v) is 5.07. The van der Waals surface area contributed by atoms with Gasteiger partial charge in [-0.2, -0.15) is 0 Å². The molecule has 0 aliphatic rings. The molecule has 0 radical (unpaired) electrons. The number of rotatable bonds is 5. The number of nitrogens with zero attached hydrogens (tertiary/aromatic N) is 1. The van der Waals surface area contributed by atoms with Crippen LogP contribution in [-0.2, 0) is 11.3 Å². The molecule has 0 fully saturated rings. The first-order chi connectivity index (χ1) is 12.6. The number of hydrogen-bond acceptors (Lipinski definition) is 4. The predicted molar refractivity (Wildman–Crippen MR) is 104 cm³/mol. The largest absolute Gasteiger partial charge is 0.457 e. The van der Waals surface area contributed by atoms with Crippen molar-refractivity contribution in [2.24, 2.45) is 0 Å². The highest BCUT2D eigenvalue weighted by Crippen LogP contribution is 2.24. The van der Waals surface area contributed by atoms with Gasteiger partial charge in [0.1, 0.15) is 6.61 Å². The number of carbonyl (C=O) groups is 2. The summed E-state index contributed by atoms with van der Waals surface area (Å²) in [5.74, 6) is -0.683. The van der Waals surface area contributed by atoms with Crippen LogP contribution in [0.25, 0.3) is 0 Å². The molecule has 4 nitrogen and oxygen atoms in total. The van der Waals surface area contributed by atoms with Crippen molar-refractivity contribution >= 4 is 40.5 Å². The van der Waals surface area contributed by atoms with E-state index in [-0.39, 0.29) is 12.5 Å². The lowest BCUT2D eigenvalue weighted by molar-refractivity contribution is 0.0474. The summed E-state index contributed by atoms with van der Waals surface area (Å²) in [5, 5.41) is 2.38. The molecule has 0 aliphatic carbocycles. The van der Waals surface area contributed by atoms with Gasteiger partial charge in [0.15, 0.2) is 0 Å². The average molecular weight is 386 g/mol. The molecule has 3 aromatic rings. The van der Waals surface area contributed by atoms with Crippen LogP contribution in [0, 0.1) is 0 Å². The van der Waals surface area contributed by atoms with Gasteiger partial charge in [-0.3, -0.25) is 4.79 Å². The first-order valence-electron chi connectivity index (χ1n) is 7.89. The van der Waals surface area contributed by atoms with Crippen molar-refractivity contribution in [1.29, 1.82) is 0 Å². The average Bonchev–Trinajstić information content (AvgIpc) is 3.20. The summed E-state index contributed by atoms with van der Waals surface area (Å²) in [6, 6.07) is 17.6. The smallest absolute Gasteiger partial charge is 0.340 e. The van der Waals surface area contributed by atoms with Crippen molar-refractivity contribution < 1.29 is 14.3 Å². The molecule has 0 atom stereocenters. The first-order valence-corrected chi connectivity index (χ1v) is 9.15. The van der Waals surface area contributed by atoms with E-state index in [2.05, 4.69) is 0 Å². The topological polar surface area (TPSA) is 46.6 Å². The van der Waals surface area contributed by atoms with E-state index in [1.807, 2.05) is 23.6 Å². The van der Waals surface area contributed by atoms with Crippen LogP contribution in [0.2, 0.25) is 5.02 Å². The third-order valence-electron chi connectivity index (χ3n) is 3.84. The first kappa shape index (κ1) is 18.2. The Bertz CT molecular complexity index is 924. The van der Waals surface area contributed by atoms with Crippen LogP contribution in [0.15, 0.2) is 66.0 Å². The molecule has 2 aromatic carbocycles. The Balaban J connectivity index is 1.79. The van der Waals surface area contributed by atoms with Gasteiger partial charge in [0.25, 0.3) is 5.91 Å². The standard InChI is InChI=1S/C20H16ClNO3S/c1-22(19(23)18-11-6-12-26-18)17-10-5-3-8-15(17)20(24)25-13-14-7-2-4-9-16(14)21/h2-12H,13H2,1H3. The van der Waals surface area contributed by atoms with Gasteiger partial charge in [-0.25, -0.2) is 4.79 Å². The Labute approximate surface area is 160 Å². The normalized spacial score (nSPS) is 10.4. The zero-order valence-electron chi connectivity index (χ0n) is 14.0. The maximum Gasteiger partial charge on any atom is 0.340 e. The fourth-order valence-electron chi connectivity index (χ4n) is 2.45. The van der Waals surface area contributed by atoms with Crippen molar-refractivity contribution in [2.45, 2.75) is 6.61 Å². The van der Waals surface area contributed by atoms with E-state index in [0.29, 0.717) is 21.2 Å². The van der Waals surface area contributed by atoms with Crippen LogP contribution in [0.5, 0.6) is 0 Å². The second-order valence-electron chi connectivity index (χ2n) is 5.53. The molecule has 1 heterocycles. The number of para-hydroxylation sites is 1. The molecule has 0 N–H and O–H groups in total. The minimum Gasteiger partial charge on any atom is -0.457 e. The molecule has 26 heavy (non-hydrogen) atoms. The SMILES string of the molecule is CN(C(=O)c1cccs1)c1ccccc1C(=O)OCc1ccccc1Cl. The van der Waals surface area contributed by atoms with Crippen molar-refractivity contribution in [3.8, 4) is 0 Å². The van der Waals surface area contributed by atoms with Crippen molar-refractivity contribution in [3.63, 3.8) is 0 Å². The van der Waals surface area contributed by atoms with Gasteiger partial charge in [-0.15, -0.1) is 11.3 Å². The number of esters is 1. The molecular weight excluding hydrogens is 370 g/mol. The minimum absolute atomic E-state index is 0.0649. The number of benzene rings is 2. The number of anilines is 1. The quantitative estimate of drug-likeness (QED) is 0.578. The minimum atomic E-state index is -0.508. The Morgan fingerprint density at radius 2 is 1.77 bits per heavy atom. The summed E-state index contributed by atoms with van der Waals surface area (Å²) in [7, 11) is 1.64. The van der Waals surface area contributed by atoms with Crippen LogP contribution >= 0.6 is 22.9 Å². The highest BCUT2D eigenvalue weighted by molar-refractivity contribution is 7.12. The summed E-state index contributed by atoms with van der Waals surface area (Å²) in [5.41, 5.74) is 1.55. The lowest BCUT2D eigenvalue weighted by Gasteiger charge is -2.19. The van der Waals surface area contributed by atoms with Crippen molar-refractivity contribution in [2.75, 3.05) is 11.9 Å². The van der Waals surface area contributed by atoms with Crippen molar-refractivity contribution in [3.05, 3.63) is 87.1 Å². The summed E-state index contributed by atoms with van der Waals surface area (Å²) < 4.78 is 5.40. The third kappa shape index (κ3) is 3.95. The zero-order chi connectivity index (χ0) is 18.5. The Hall–Kier alpha value is -2.63. The summed E-state index contributed by atoms with van der Waals surface area (Å²) in [4.78, 5) is 27.2. The van der Waals surface area contributed by atoms with Gasteiger partial charge in [0.05, 0.1) is 16.1 Å². The van der Waals surface area contributed by atoms with Gasteiger partial charge < -0.3 is 9.64 Å². The summed E-state index contributed by atoms with van der Waals surface area (Å²) in [6.07, 6.45) is 0. The van der Waals surface area contributed by atoms with E-state index < -0.39 is 5.97 Å². The maximum atomic E-state index is 12.6. The number of halogens is 1. The van der Waals surface area contributed by atoms with Gasteiger partial charge in [0.2, 0.25) is 0 Å².